The Morgan fingerprint density at radius 1 is 1.06 bits per heavy atom. The summed E-state index contributed by atoms with van der Waals surface area (Å²) in [6.45, 7) is 11.3. The molecule has 0 aliphatic rings. The van der Waals surface area contributed by atoms with Gasteiger partial charge in [-0.1, -0.05) is 59.1 Å². The Bertz CT molecular complexity index is 332. The lowest BCUT2D eigenvalue weighted by atomic mass is 9.87. The SMILES string of the molecule is CCCCCC(C)Nc1ccc(C(C)(C)C)cc1. The van der Waals surface area contributed by atoms with Gasteiger partial charge >= 0.3 is 0 Å². The van der Waals surface area contributed by atoms with Crippen LogP contribution in [0, 0.1) is 0 Å². The standard InChI is InChI=1S/C17H29N/c1-6-7-8-9-14(2)18-16-12-10-15(11-13-16)17(3,4)5/h10-14,18H,6-9H2,1-5H3. The van der Waals surface area contributed by atoms with Crippen molar-refractivity contribution in [3.05, 3.63) is 29.8 Å². The summed E-state index contributed by atoms with van der Waals surface area (Å²) in [6, 6.07) is 9.45. The largest absolute Gasteiger partial charge is 0.383 e. The fourth-order valence-corrected chi connectivity index (χ4v) is 2.12. The highest BCUT2D eigenvalue weighted by atomic mass is 14.9. The average molecular weight is 247 g/mol. The molecule has 18 heavy (non-hydrogen) atoms. The highest BCUT2D eigenvalue weighted by Gasteiger charge is 2.12. The minimum absolute atomic E-state index is 0.241. The van der Waals surface area contributed by atoms with Crippen LogP contribution >= 0.6 is 0 Å². The fourth-order valence-electron chi connectivity index (χ4n) is 2.12. The van der Waals surface area contributed by atoms with E-state index in [0.717, 1.165) is 0 Å². The van der Waals surface area contributed by atoms with Gasteiger partial charge in [-0.05, 0) is 36.5 Å². The minimum Gasteiger partial charge on any atom is -0.383 e. The van der Waals surface area contributed by atoms with Crippen molar-refractivity contribution in [2.24, 2.45) is 0 Å². The Kier molecular flexibility index (Phi) is 5.71. The van der Waals surface area contributed by atoms with Crippen LogP contribution in [0.1, 0.15) is 65.9 Å². The molecule has 0 aliphatic carbocycles. The summed E-state index contributed by atoms with van der Waals surface area (Å²) in [5, 5.41) is 3.58. The van der Waals surface area contributed by atoms with E-state index in [1.54, 1.807) is 0 Å². The van der Waals surface area contributed by atoms with Gasteiger partial charge in [-0.25, -0.2) is 0 Å². The number of hydrogen-bond donors (Lipinski definition) is 1. The first-order chi connectivity index (χ1) is 8.43. The van der Waals surface area contributed by atoms with Crippen LogP contribution in [0.15, 0.2) is 24.3 Å². The lowest BCUT2D eigenvalue weighted by molar-refractivity contribution is 0.590. The van der Waals surface area contributed by atoms with Gasteiger partial charge in [0, 0.05) is 11.7 Å². The molecular weight excluding hydrogens is 218 g/mol. The molecule has 0 aliphatic heterocycles. The van der Waals surface area contributed by atoms with E-state index in [2.05, 4.69) is 64.2 Å². The summed E-state index contributed by atoms with van der Waals surface area (Å²) >= 11 is 0. The molecule has 1 heteroatoms. The zero-order valence-electron chi connectivity index (χ0n) is 12.7. The lowest BCUT2D eigenvalue weighted by Gasteiger charge is -2.20. The Hall–Kier alpha value is -0.980. The quantitative estimate of drug-likeness (QED) is 0.667. The molecule has 0 amide bonds. The molecule has 0 saturated carbocycles. The molecule has 0 bridgehead atoms. The molecule has 0 heterocycles. The number of benzene rings is 1. The van der Waals surface area contributed by atoms with Gasteiger partial charge < -0.3 is 5.32 Å². The molecule has 0 aromatic heterocycles. The van der Waals surface area contributed by atoms with Gasteiger partial charge in [0.25, 0.3) is 0 Å². The normalized spacial score (nSPS) is 13.4. The van der Waals surface area contributed by atoms with Gasteiger partial charge in [0.2, 0.25) is 0 Å². The van der Waals surface area contributed by atoms with Crippen LogP contribution in [0.2, 0.25) is 0 Å². The van der Waals surface area contributed by atoms with Crippen molar-refractivity contribution < 1.29 is 0 Å². The van der Waals surface area contributed by atoms with Crippen LogP contribution in [0.4, 0.5) is 5.69 Å². The third-order valence-corrected chi connectivity index (χ3v) is 3.40. The predicted octanol–water partition coefficient (Wildman–Crippen LogP) is 5.36. The van der Waals surface area contributed by atoms with Gasteiger partial charge in [0.05, 0.1) is 0 Å². The van der Waals surface area contributed by atoms with Gasteiger partial charge in [0.15, 0.2) is 0 Å². The lowest BCUT2D eigenvalue weighted by Crippen LogP contribution is -2.15. The van der Waals surface area contributed by atoms with Crippen molar-refractivity contribution in [3.63, 3.8) is 0 Å². The molecule has 1 N–H and O–H groups in total. The van der Waals surface area contributed by atoms with Gasteiger partial charge in [0.1, 0.15) is 0 Å². The average Bonchev–Trinajstić information content (AvgIpc) is 2.29. The first-order valence-corrected chi connectivity index (χ1v) is 7.30. The van der Waals surface area contributed by atoms with Crippen LogP contribution in [0.3, 0.4) is 0 Å². The number of rotatable bonds is 6. The second-order valence-corrected chi connectivity index (χ2v) is 6.37. The number of unbranched alkanes of at least 4 members (excludes halogenated alkanes) is 2. The van der Waals surface area contributed by atoms with Gasteiger partial charge in [-0.2, -0.15) is 0 Å². The molecule has 1 nitrogen and oxygen atoms in total. The Morgan fingerprint density at radius 2 is 1.67 bits per heavy atom. The first kappa shape index (κ1) is 15.1. The third-order valence-electron chi connectivity index (χ3n) is 3.40. The van der Waals surface area contributed by atoms with E-state index >= 15 is 0 Å². The summed E-state index contributed by atoms with van der Waals surface area (Å²) in [7, 11) is 0. The monoisotopic (exact) mass is 247 g/mol. The zero-order chi connectivity index (χ0) is 13.6. The van der Waals surface area contributed by atoms with E-state index < -0.39 is 0 Å². The van der Waals surface area contributed by atoms with Crippen molar-refractivity contribution in [2.75, 3.05) is 5.32 Å². The van der Waals surface area contributed by atoms with Crippen LogP contribution < -0.4 is 5.32 Å². The van der Waals surface area contributed by atoms with E-state index in [4.69, 9.17) is 0 Å². The van der Waals surface area contributed by atoms with E-state index in [0.29, 0.717) is 6.04 Å². The second-order valence-electron chi connectivity index (χ2n) is 6.37. The summed E-state index contributed by atoms with van der Waals surface area (Å²) in [5.74, 6) is 0. The van der Waals surface area contributed by atoms with Gasteiger partial charge in [-0.3, -0.25) is 0 Å². The van der Waals surface area contributed by atoms with Crippen molar-refractivity contribution >= 4 is 5.69 Å². The Balaban J connectivity index is 2.48. The molecule has 0 radical (unpaired) electrons. The molecule has 102 valence electrons. The maximum absolute atomic E-state index is 3.58. The van der Waals surface area contributed by atoms with Crippen LogP contribution in [0.25, 0.3) is 0 Å². The van der Waals surface area contributed by atoms with E-state index in [1.807, 2.05) is 0 Å². The highest BCUT2D eigenvalue weighted by molar-refractivity contribution is 5.46. The van der Waals surface area contributed by atoms with Crippen molar-refractivity contribution in [3.8, 4) is 0 Å². The van der Waals surface area contributed by atoms with Gasteiger partial charge in [-0.15, -0.1) is 0 Å². The molecular formula is C17H29N. The summed E-state index contributed by atoms with van der Waals surface area (Å²) in [6.07, 6.45) is 5.22. The topological polar surface area (TPSA) is 12.0 Å². The number of hydrogen-bond acceptors (Lipinski definition) is 1. The third kappa shape index (κ3) is 5.12. The fraction of sp³-hybridized carbons (Fsp3) is 0.647. The smallest absolute Gasteiger partial charge is 0.0342 e. The second kappa shape index (κ2) is 6.82. The molecule has 1 aromatic rings. The van der Waals surface area contributed by atoms with Crippen LogP contribution in [-0.4, -0.2) is 6.04 Å². The molecule has 1 aromatic carbocycles. The maximum Gasteiger partial charge on any atom is 0.0342 e. The number of nitrogens with one attached hydrogen (secondary N) is 1. The highest BCUT2D eigenvalue weighted by Crippen LogP contribution is 2.23. The van der Waals surface area contributed by atoms with Crippen molar-refractivity contribution in [1.82, 2.24) is 0 Å². The van der Waals surface area contributed by atoms with Crippen molar-refractivity contribution in [2.45, 2.75) is 71.8 Å². The van der Waals surface area contributed by atoms with E-state index in [1.165, 1.54) is 36.9 Å². The molecule has 1 unspecified atom stereocenters. The summed E-state index contributed by atoms with van der Waals surface area (Å²) in [5.41, 5.74) is 2.88. The minimum atomic E-state index is 0.241. The zero-order valence-corrected chi connectivity index (χ0v) is 12.7. The Morgan fingerprint density at radius 3 is 2.17 bits per heavy atom. The summed E-state index contributed by atoms with van der Waals surface area (Å²) < 4.78 is 0. The van der Waals surface area contributed by atoms with E-state index in [-0.39, 0.29) is 5.41 Å². The molecule has 1 atom stereocenters. The molecule has 0 fully saturated rings. The molecule has 0 saturated heterocycles. The maximum atomic E-state index is 3.58. The summed E-state index contributed by atoms with van der Waals surface area (Å²) in [4.78, 5) is 0. The number of anilines is 1. The predicted molar refractivity (Wildman–Crippen MR) is 82.4 cm³/mol. The Labute approximate surface area is 113 Å². The van der Waals surface area contributed by atoms with Crippen LogP contribution in [0.5, 0.6) is 0 Å². The van der Waals surface area contributed by atoms with E-state index in [9.17, 15) is 0 Å². The van der Waals surface area contributed by atoms with Crippen LogP contribution in [-0.2, 0) is 5.41 Å². The first-order valence-electron chi connectivity index (χ1n) is 7.30. The molecule has 0 spiro atoms. The van der Waals surface area contributed by atoms with Crippen molar-refractivity contribution in [1.29, 1.82) is 0 Å². The molecule has 1 rings (SSSR count).